The lowest BCUT2D eigenvalue weighted by Gasteiger charge is -2.02. The van der Waals surface area contributed by atoms with Gasteiger partial charge in [-0.25, -0.2) is 13.8 Å². The number of carboxylic acid groups (broad SMARTS) is 1. The van der Waals surface area contributed by atoms with E-state index >= 15 is 0 Å². The standard InChI is InChI=1S/C12H10F2N2O2S/c13-7-2-1-6(8(14)4-7)3-10-16-9(5-19-10)11(15)12(17)18/h1-2,4-5,11H,3,15H2,(H,17,18). The highest BCUT2D eigenvalue weighted by Gasteiger charge is 2.18. The van der Waals surface area contributed by atoms with Crippen LogP contribution in [0.15, 0.2) is 23.6 Å². The Balaban J connectivity index is 2.18. The summed E-state index contributed by atoms with van der Waals surface area (Å²) in [6.07, 6.45) is 0.170. The SMILES string of the molecule is NC(C(=O)O)c1csc(Cc2ccc(F)cc2F)n1. The molecule has 0 aliphatic carbocycles. The molecule has 2 aromatic rings. The van der Waals surface area contributed by atoms with E-state index in [1.54, 1.807) is 0 Å². The minimum atomic E-state index is -1.19. The first-order valence-electron chi connectivity index (χ1n) is 5.34. The summed E-state index contributed by atoms with van der Waals surface area (Å²) in [6.45, 7) is 0. The van der Waals surface area contributed by atoms with Crippen LogP contribution in [-0.4, -0.2) is 16.1 Å². The van der Waals surface area contributed by atoms with E-state index < -0.39 is 23.6 Å². The van der Waals surface area contributed by atoms with E-state index in [0.717, 1.165) is 12.1 Å². The summed E-state index contributed by atoms with van der Waals surface area (Å²) in [5.41, 5.74) is 5.94. The number of aliphatic carboxylic acids is 1. The lowest BCUT2D eigenvalue weighted by Crippen LogP contribution is -2.20. The average molecular weight is 284 g/mol. The van der Waals surface area contributed by atoms with Gasteiger partial charge in [-0.3, -0.25) is 4.79 Å². The molecule has 0 aliphatic heterocycles. The first kappa shape index (κ1) is 13.6. The number of carbonyl (C=O) groups is 1. The fourth-order valence-electron chi connectivity index (χ4n) is 1.50. The molecule has 1 aromatic heterocycles. The summed E-state index contributed by atoms with van der Waals surface area (Å²) in [5.74, 6) is -2.47. The van der Waals surface area contributed by atoms with Crippen LogP contribution in [0.3, 0.4) is 0 Å². The topological polar surface area (TPSA) is 76.2 Å². The summed E-state index contributed by atoms with van der Waals surface area (Å²) in [7, 11) is 0. The van der Waals surface area contributed by atoms with Crippen LogP contribution in [0.2, 0.25) is 0 Å². The molecule has 19 heavy (non-hydrogen) atoms. The second kappa shape index (κ2) is 5.41. The minimum Gasteiger partial charge on any atom is -0.480 e. The second-order valence-electron chi connectivity index (χ2n) is 3.89. The Kier molecular flexibility index (Phi) is 3.87. The van der Waals surface area contributed by atoms with Gasteiger partial charge in [-0.15, -0.1) is 11.3 Å². The van der Waals surface area contributed by atoms with Gasteiger partial charge >= 0.3 is 5.97 Å². The van der Waals surface area contributed by atoms with Gasteiger partial charge in [0.1, 0.15) is 17.7 Å². The molecular formula is C12H10F2N2O2S. The molecule has 4 nitrogen and oxygen atoms in total. The number of carboxylic acids is 1. The Morgan fingerprint density at radius 1 is 1.47 bits per heavy atom. The van der Waals surface area contributed by atoms with Crippen LogP contribution in [0.4, 0.5) is 8.78 Å². The van der Waals surface area contributed by atoms with Crippen LogP contribution in [0, 0.1) is 11.6 Å². The maximum Gasteiger partial charge on any atom is 0.326 e. The largest absolute Gasteiger partial charge is 0.480 e. The lowest BCUT2D eigenvalue weighted by atomic mass is 10.1. The van der Waals surface area contributed by atoms with E-state index in [2.05, 4.69) is 4.98 Å². The number of halogens is 2. The number of thiazole rings is 1. The molecule has 0 amide bonds. The van der Waals surface area contributed by atoms with Crippen molar-refractivity contribution >= 4 is 17.3 Å². The molecule has 7 heteroatoms. The number of benzene rings is 1. The molecule has 0 radical (unpaired) electrons. The molecule has 0 saturated heterocycles. The summed E-state index contributed by atoms with van der Waals surface area (Å²) in [5, 5.41) is 10.8. The molecule has 0 fully saturated rings. The summed E-state index contributed by atoms with van der Waals surface area (Å²) < 4.78 is 26.2. The highest BCUT2D eigenvalue weighted by Crippen LogP contribution is 2.20. The summed E-state index contributed by atoms with van der Waals surface area (Å²) in [6, 6.07) is 2.11. The molecule has 1 aromatic carbocycles. The van der Waals surface area contributed by atoms with Gasteiger partial charge < -0.3 is 10.8 Å². The third-order valence-electron chi connectivity index (χ3n) is 2.51. The monoisotopic (exact) mass is 284 g/mol. The molecule has 1 heterocycles. The van der Waals surface area contributed by atoms with Gasteiger partial charge in [-0.05, 0) is 11.6 Å². The van der Waals surface area contributed by atoms with Crippen LogP contribution in [0.25, 0.3) is 0 Å². The molecule has 0 bridgehead atoms. The Hall–Kier alpha value is -1.86. The van der Waals surface area contributed by atoms with Crippen molar-refractivity contribution in [3.63, 3.8) is 0 Å². The molecular weight excluding hydrogens is 274 g/mol. The fourth-order valence-corrected chi connectivity index (χ4v) is 2.36. The molecule has 3 N–H and O–H groups in total. The highest BCUT2D eigenvalue weighted by molar-refractivity contribution is 7.09. The van der Waals surface area contributed by atoms with Crippen molar-refractivity contribution in [2.24, 2.45) is 5.73 Å². The molecule has 0 aliphatic rings. The van der Waals surface area contributed by atoms with E-state index in [4.69, 9.17) is 10.8 Å². The van der Waals surface area contributed by atoms with E-state index in [9.17, 15) is 13.6 Å². The van der Waals surface area contributed by atoms with Gasteiger partial charge in [0, 0.05) is 17.9 Å². The molecule has 1 unspecified atom stereocenters. The van der Waals surface area contributed by atoms with Gasteiger partial charge in [0.15, 0.2) is 0 Å². The zero-order valence-corrected chi connectivity index (χ0v) is 10.5. The van der Waals surface area contributed by atoms with Gasteiger partial charge in [0.2, 0.25) is 0 Å². The van der Waals surface area contributed by atoms with Crippen LogP contribution in [0.5, 0.6) is 0 Å². The van der Waals surface area contributed by atoms with Crippen LogP contribution >= 0.6 is 11.3 Å². The highest BCUT2D eigenvalue weighted by atomic mass is 32.1. The third kappa shape index (κ3) is 3.12. The van der Waals surface area contributed by atoms with Crippen molar-refractivity contribution in [3.8, 4) is 0 Å². The zero-order chi connectivity index (χ0) is 14.0. The van der Waals surface area contributed by atoms with Crippen LogP contribution < -0.4 is 5.73 Å². The average Bonchev–Trinajstić information content (AvgIpc) is 2.80. The van der Waals surface area contributed by atoms with Gasteiger partial charge in [0.05, 0.1) is 10.7 Å². The number of hydrogen-bond donors (Lipinski definition) is 2. The van der Waals surface area contributed by atoms with E-state index in [-0.39, 0.29) is 12.1 Å². The molecule has 100 valence electrons. The number of nitrogens with zero attached hydrogens (tertiary/aromatic N) is 1. The first-order chi connectivity index (χ1) is 8.97. The number of rotatable bonds is 4. The Bertz CT molecular complexity index is 616. The van der Waals surface area contributed by atoms with Crippen molar-refractivity contribution < 1.29 is 18.7 Å². The Morgan fingerprint density at radius 3 is 2.84 bits per heavy atom. The predicted octanol–water partition coefficient (Wildman–Crippen LogP) is 2.10. The van der Waals surface area contributed by atoms with Gasteiger partial charge in [0.25, 0.3) is 0 Å². The Labute approximate surface area is 111 Å². The molecule has 2 rings (SSSR count). The maximum atomic E-state index is 13.4. The summed E-state index contributed by atoms with van der Waals surface area (Å²) in [4.78, 5) is 14.7. The minimum absolute atomic E-state index is 0.170. The number of aromatic nitrogens is 1. The van der Waals surface area contributed by atoms with Crippen LogP contribution in [0.1, 0.15) is 22.3 Å². The maximum absolute atomic E-state index is 13.4. The van der Waals surface area contributed by atoms with Gasteiger partial charge in [-0.2, -0.15) is 0 Å². The first-order valence-corrected chi connectivity index (χ1v) is 6.22. The van der Waals surface area contributed by atoms with E-state index in [1.807, 2.05) is 0 Å². The molecule has 0 saturated carbocycles. The summed E-state index contributed by atoms with van der Waals surface area (Å²) >= 11 is 1.19. The second-order valence-corrected chi connectivity index (χ2v) is 4.84. The van der Waals surface area contributed by atoms with Crippen molar-refractivity contribution in [3.05, 3.63) is 51.5 Å². The molecule has 1 atom stereocenters. The quantitative estimate of drug-likeness (QED) is 0.901. The normalized spacial score (nSPS) is 12.4. The van der Waals surface area contributed by atoms with Crippen LogP contribution in [-0.2, 0) is 11.2 Å². The number of hydrogen-bond acceptors (Lipinski definition) is 4. The van der Waals surface area contributed by atoms with E-state index in [0.29, 0.717) is 10.6 Å². The number of nitrogens with two attached hydrogens (primary N) is 1. The van der Waals surface area contributed by atoms with Crippen molar-refractivity contribution in [1.29, 1.82) is 0 Å². The van der Waals surface area contributed by atoms with Crippen molar-refractivity contribution in [1.82, 2.24) is 4.98 Å². The van der Waals surface area contributed by atoms with Crippen molar-refractivity contribution in [2.75, 3.05) is 0 Å². The smallest absolute Gasteiger partial charge is 0.326 e. The Morgan fingerprint density at radius 2 is 2.21 bits per heavy atom. The van der Waals surface area contributed by atoms with E-state index in [1.165, 1.54) is 22.8 Å². The fraction of sp³-hybridized carbons (Fsp3) is 0.167. The third-order valence-corrected chi connectivity index (χ3v) is 3.38. The predicted molar refractivity (Wildman–Crippen MR) is 65.8 cm³/mol. The van der Waals surface area contributed by atoms with Gasteiger partial charge in [-0.1, -0.05) is 6.07 Å². The molecule has 0 spiro atoms. The zero-order valence-electron chi connectivity index (χ0n) is 9.64. The lowest BCUT2D eigenvalue weighted by molar-refractivity contribution is -0.138. The van der Waals surface area contributed by atoms with Crippen molar-refractivity contribution in [2.45, 2.75) is 12.5 Å².